The molecule has 1 aliphatic heterocycles. The van der Waals surface area contributed by atoms with E-state index in [4.69, 9.17) is 0 Å². The molecule has 0 unspecified atom stereocenters. The molecule has 0 saturated carbocycles. The molecule has 224 valence electrons. The Hall–Kier alpha value is -3.70. The number of allylic oxidation sites excluding steroid dienone is 4. The minimum Gasteiger partial charge on any atom is -0.343 e. The van der Waals surface area contributed by atoms with Gasteiger partial charge < -0.3 is 9.47 Å². The van der Waals surface area contributed by atoms with E-state index in [0.717, 1.165) is 56.3 Å². The number of carbonyl (C=O) groups is 2. The van der Waals surface area contributed by atoms with Crippen molar-refractivity contribution in [2.24, 2.45) is 10.8 Å². The van der Waals surface area contributed by atoms with Gasteiger partial charge in [-0.05, 0) is 52.5 Å². The Morgan fingerprint density at radius 3 is 1.91 bits per heavy atom. The first-order valence-electron chi connectivity index (χ1n) is 15.7. The fourth-order valence-electron chi connectivity index (χ4n) is 7.76. The van der Waals surface area contributed by atoms with Crippen LogP contribution in [0, 0.1) is 10.8 Å². The number of nitrogens with zero attached hydrogens (tertiary/aromatic N) is 2. The summed E-state index contributed by atoms with van der Waals surface area (Å²) in [6.45, 7) is 10.2. The van der Waals surface area contributed by atoms with Gasteiger partial charge in [0.05, 0.1) is 0 Å². The molecule has 3 aliphatic rings. The highest BCUT2D eigenvalue weighted by atomic mass is 79.9. The minimum absolute atomic E-state index is 0.157. The number of halogens is 1. The summed E-state index contributed by atoms with van der Waals surface area (Å²) in [6.07, 6.45) is 4.80. The van der Waals surface area contributed by atoms with Crippen molar-refractivity contribution in [3.63, 3.8) is 0 Å². The zero-order valence-corrected chi connectivity index (χ0v) is 27.6. The summed E-state index contributed by atoms with van der Waals surface area (Å²) in [5.41, 5.74) is 8.09. The highest BCUT2D eigenvalue weighted by Crippen LogP contribution is 2.55. The van der Waals surface area contributed by atoms with Gasteiger partial charge in [-0.15, -0.1) is 0 Å². The van der Waals surface area contributed by atoms with E-state index in [0.29, 0.717) is 25.9 Å². The minimum atomic E-state index is -0.371. The lowest BCUT2D eigenvalue weighted by Crippen LogP contribution is -2.44. The van der Waals surface area contributed by atoms with Crippen molar-refractivity contribution in [1.29, 1.82) is 0 Å². The van der Waals surface area contributed by atoms with Crippen LogP contribution in [0.15, 0.2) is 112 Å². The van der Waals surface area contributed by atoms with E-state index in [1.165, 1.54) is 11.1 Å². The number of hydrogen-bond donors (Lipinski definition) is 0. The van der Waals surface area contributed by atoms with Crippen LogP contribution in [0.4, 0.5) is 0 Å². The van der Waals surface area contributed by atoms with Crippen molar-refractivity contribution in [2.45, 2.75) is 72.4 Å². The van der Waals surface area contributed by atoms with E-state index in [2.05, 4.69) is 126 Å². The Morgan fingerprint density at radius 2 is 1.27 bits per heavy atom. The van der Waals surface area contributed by atoms with Crippen LogP contribution in [0.1, 0.15) is 76.0 Å². The second kappa shape index (κ2) is 10.7. The lowest BCUT2D eigenvalue weighted by Gasteiger charge is -2.49. The van der Waals surface area contributed by atoms with Gasteiger partial charge in [0, 0.05) is 76.0 Å². The van der Waals surface area contributed by atoms with Crippen LogP contribution in [0.25, 0.3) is 10.9 Å². The van der Waals surface area contributed by atoms with Crippen molar-refractivity contribution in [2.75, 3.05) is 0 Å². The van der Waals surface area contributed by atoms with Crippen LogP contribution in [0.2, 0.25) is 0 Å². The molecule has 0 N–H and O–H groups in total. The van der Waals surface area contributed by atoms with Crippen LogP contribution in [0.3, 0.4) is 0 Å². The smallest absolute Gasteiger partial charge is 0.162 e. The molecule has 3 aromatic carbocycles. The van der Waals surface area contributed by atoms with Gasteiger partial charge >= 0.3 is 0 Å². The quantitative estimate of drug-likeness (QED) is 0.217. The lowest BCUT2D eigenvalue weighted by atomic mass is 9.63. The number of fused-ring (bicyclic) bond motifs is 1. The van der Waals surface area contributed by atoms with Crippen LogP contribution < -0.4 is 0 Å². The van der Waals surface area contributed by atoms with Crippen LogP contribution in [0.5, 0.6) is 0 Å². The highest BCUT2D eigenvalue weighted by molar-refractivity contribution is 9.10. The number of para-hydroxylation sites is 1. The summed E-state index contributed by atoms with van der Waals surface area (Å²) in [7, 11) is 0. The monoisotopic (exact) mass is 646 g/mol. The Kier molecular flexibility index (Phi) is 7.08. The number of aromatic nitrogens is 1. The Balaban J connectivity index is 1.48. The molecule has 7 rings (SSSR count). The predicted octanol–water partition coefficient (Wildman–Crippen LogP) is 9.34. The predicted molar refractivity (Wildman–Crippen MR) is 180 cm³/mol. The SMILES string of the molecule is CC1(C)CC(=O)C2=C(C1)N(Cc1ccccc1)C1=C(C(=O)CC(C)(C)C1)C2c1cn(Cc2ccccc2Br)c2ccccc12. The fraction of sp³-hybridized carbons (Fsp3) is 0.333. The summed E-state index contributed by atoms with van der Waals surface area (Å²) in [5.74, 6) is -0.0261. The number of rotatable bonds is 5. The van der Waals surface area contributed by atoms with E-state index in [1.54, 1.807) is 0 Å². The molecule has 5 heteroatoms. The summed E-state index contributed by atoms with van der Waals surface area (Å²) in [4.78, 5) is 31.1. The molecule has 44 heavy (non-hydrogen) atoms. The summed E-state index contributed by atoms with van der Waals surface area (Å²) >= 11 is 3.74. The number of benzene rings is 3. The van der Waals surface area contributed by atoms with Crippen molar-refractivity contribution in [3.8, 4) is 0 Å². The Bertz CT molecular complexity index is 1820. The van der Waals surface area contributed by atoms with Gasteiger partial charge in [-0.3, -0.25) is 9.59 Å². The van der Waals surface area contributed by atoms with Gasteiger partial charge in [0.25, 0.3) is 0 Å². The first kappa shape index (κ1) is 29.0. The number of ketones is 2. The van der Waals surface area contributed by atoms with Crippen LogP contribution in [-0.2, 0) is 22.7 Å². The van der Waals surface area contributed by atoms with E-state index >= 15 is 0 Å². The lowest BCUT2D eigenvalue weighted by molar-refractivity contribution is -0.119. The van der Waals surface area contributed by atoms with Crippen molar-refractivity contribution < 1.29 is 9.59 Å². The molecule has 4 aromatic rings. The Morgan fingerprint density at radius 1 is 0.705 bits per heavy atom. The van der Waals surface area contributed by atoms with Crippen LogP contribution in [-0.4, -0.2) is 21.0 Å². The molecule has 0 bridgehead atoms. The van der Waals surface area contributed by atoms with Gasteiger partial charge in [0.2, 0.25) is 0 Å². The third-order valence-electron chi connectivity index (χ3n) is 9.63. The molecule has 0 atom stereocenters. The van der Waals surface area contributed by atoms with Gasteiger partial charge in [0.1, 0.15) is 0 Å². The maximum atomic E-state index is 14.4. The zero-order chi connectivity index (χ0) is 30.8. The molecule has 4 nitrogen and oxygen atoms in total. The van der Waals surface area contributed by atoms with Crippen molar-refractivity contribution in [1.82, 2.24) is 9.47 Å². The molecular weight excluding hydrogens is 608 g/mol. The second-order valence-electron chi connectivity index (χ2n) is 14.4. The average molecular weight is 648 g/mol. The van der Waals surface area contributed by atoms with Crippen molar-refractivity contribution in [3.05, 3.63) is 129 Å². The normalized spacial score (nSPS) is 19.9. The van der Waals surface area contributed by atoms with E-state index in [1.807, 2.05) is 12.1 Å². The third-order valence-corrected chi connectivity index (χ3v) is 10.4. The first-order valence-corrected chi connectivity index (χ1v) is 16.5. The summed E-state index contributed by atoms with van der Waals surface area (Å²) in [6, 6.07) is 27.2. The molecule has 0 radical (unpaired) electrons. The molecular formula is C39H39BrN2O2. The topological polar surface area (TPSA) is 42.3 Å². The Labute approximate surface area is 268 Å². The van der Waals surface area contributed by atoms with Gasteiger partial charge in [-0.2, -0.15) is 0 Å². The van der Waals surface area contributed by atoms with E-state index in [9.17, 15) is 9.59 Å². The van der Waals surface area contributed by atoms with E-state index < -0.39 is 0 Å². The van der Waals surface area contributed by atoms with E-state index in [-0.39, 0.29) is 28.3 Å². The largest absolute Gasteiger partial charge is 0.343 e. The van der Waals surface area contributed by atoms with Crippen molar-refractivity contribution >= 4 is 38.4 Å². The van der Waals surface area contributed by atoms with Crippen LogP contribution >= 0.6 is 15.9 Å². The van der Waals surface area contributed by atoms with Gasteiger partial charge in [-0.25, -0.2) is 0 Å². The average Bonchev–Trinajstić information content (AvgIpc) is 3.32. The molecule has 0 spiro atoms. The molecule has 0 amide bonds. The summed E-state index contributed by atoms with van der Waals surface area (Å²) < 4.78 is 3.36. The van der Waals surface area contributed by atoms with Gasteiger partial charge in [-0.1, -0.05) is 110 Å². The third kappa shape index (κ3) is 5.09. The standard InChI is InChI=1S/C39H39BrN2O2/c1-38(2)18-31-36(33(43)20-38)35(28-24-41(30-17-11-9-15-27(28)30)23-26-14-8-10-16-29(26)40)37-32(19-39(3,4)21-34(37)44)42(31)22-25-12-6-5-7-13-25/h5-17,24,35H,18-23H2,1-4H3. The maximum absolute atomic E-state index is 14.4. The summed E-state index contributed by atoms with van der Waals surface area (Å²) in [5, 5.41) is 1.11. The molecule has 1 aromatic heterocycles. The number of Topliss-reactive ketones (excluding diaryl/α,β-unsaturated/α-hetero) is 2. The fourth-order valence-corrected chi connectivity index (χ4v) is 8.17. The highest BCUT2D eigenvalue weighted by Gasteiger charge is 2.49. The number of carbonyl (C=O) groups excluding carboxylic acids is 2. The molecule has 0 fully saturated rings. The zero-order valence-electron chi connectivity index (χ0n) is 26.0. The maximum Gasteiger partial charge on any atom is 0.162 e. The first-order chi connectivity index (χ1) is 21.0. The molecule has 2 heterocycles. The molecule has 2 aliphatic carbocycles. The second-order valence-corrected chi connectivity index (χ2v) is 15.3. The molecule has 0 saturated heterocycles. The number of hydrogen-bond acceptors (Lipinski definition) is 3. The van der Waals surface area contributed by atoms with Gasteiger partial charge in [0.15, 0.2) is 11.6 Å².